The Balaban J connectivity index is 2.11. The van der Waals surface area contributed by atoms with Crippen LogP contribution < -0.4 is 10.9 Å². The maximum absolute atomic E-state index is 12.2. The molecule has 0 aliphatic heterocycles. The van der Waals surface area contributed by atoms with E-state index in [1.807, 2.05) is 26.0 Å². The number of carbonyl (C=O) groups is 2. The van der Waals surface area contributed by atoms with Gasteiger partial charge >= 0.3 is 0 Å². The van der Waals surface area contributed by atoms with E-state index in [9.17, 15) is 14.9 Å². The third-order valence-corrected chi connectivity index (χ3v) is 4.34. The molecule has 7 nitrogen and oxygen atoms in total. The maximum Gasteiger partial charge on any atom is 0.286 e. The number of aryl methyl sites for hydroxylation is 1. The average molecular weight is 367 g/mol. The van der Waals surface area contributed by atoms with Gasteiger partial charge < -0.3 is 9.55 Å². The predicted molar refractivity (Wildman–Crippen MR) is 103 cm³/mol. The number of hydrogen-bond acceptors (Lipinski definition) is 3. The zero-order valence-electron chi connectivity index (χ0n) is 16.1. The van der Waals surface area contributed by atoms with Crippen LogP contribution in [0, 0.1) is 31.1 Å². The van der Waals surface area contributed by atoms with Crippen molar-refractivity contribution in [2.24, 2.45) is 5.92 Å². The van der Waals surface area contributed by atoms with Crippen molar-refractivity contribution in [1.82, 2.24) is 20.4 Å². The molecule has 0 saturated heterocycles. The number of hydrazine groups is 1. The van der Waals surface area contributed by atoms with Gasteiger partial charge in [-0.05, 0) is 56.0 Å². The number of nitriles is 1. The van der Waals surface area contributed by atoms with E-state index in [4.69, 9.17) is 0 Å². The van der Waals surface area contributed by atoms with Gasteiger partial charge in [0.1, 0.15) is 17.3 Å². The fourth-order valence-electron chi connectivity index (χ4n) is 2.73. The Morgan fingerprint density at radius 1 is 1.33 bits per heavy atom. The molecule has 2 rings (SSSR count). The van der Waals surface area contributed by atoms with Gasteiger partial charge in [-0.25, -0.2) is 0 Å². The van der Waals surface area contributed by atoms with E-state index in [1.165, 1.54) is 0 Å². The van der Waals surface area contributed by atoms with Crippen molar-refractivity contribution in [2.75, 3.05) is 0 Å². The Bertz CT molecular complexity index is 882. The largest absolute Gasteiger partial charge is 0.357 e. The normalized spacial score (nSPS) is 11.3. The van der Waals surface area contributed by atoms with Crippen LogP contribution in [0.15, 0.2) is 30.0 Å². The number of hydrogen-bond donors (Lipinski definition) is 3. The Labute approximate surface area is 159 Å². The molecular formula is C20H25N5O2. The summed E-state index contributed by atoms with van der Waals surface area (Å²) in [5.74, 6) is -0.559. The average Bonchev–Trinajstić information content (AvgIpc) is 3.25. The maximum atomic E-state index is 12.2. The lowest BCUT2D eigenvalue weighted by Gasteiger charge is -2.11. The fourth-order valence-corrected chi connectivity index (χ4v) is 2.73. The summed E-state index contributed by atoms with van der Waals surface area (Å²) in [6, 6.07) is 7.10. The SMILES string of the molecule is Cc1cc(/C=C(/C#N)C(=O)NNC(=O)c2ccc[nH]2)c(C)n1CCC(C)C. The van der Waals surface area contributed by atoms with Crippen LogP contribution in [0.3, 0.4) is 0 Å². The van der Waals surface area contributed by atoms with Gasteiger partial charge in [-0.1, -0.05) is 13.8 Å². The first kappa shape index (κ1) is 20.0. The smallest absolute Gasteiger partial charge is 0.286 e. The van der Waals surface area contributed by atoms with Crippen molar-refractivity contribution >= 4 is 17.9 Å². The van der Waals surface area contributed by atoms with Gasteiger partial charge in [0.2, 0.25) is 0 Å². The first-order valence-electron chi connectivity index (χ1n) is 8.86. The number of aromatic amines is 1. The third-order valence-electron chi connectivity index (χ3n) is 4.34. The standard InChI is InChI=1S/C20H25N5O2/c1-13(2)7-9-25-14(3)10-16(15(25)4)11-17(12-21)19(26)23-24-20(27)18-6-5-8-22-18/h5-6,8,10-11,13,22H,7,9H2,1-4H3,(H,23,26)(H,24,27)/b17-11-. The first-order valence-corrected chi connectivity index (χ1v) is 8.86. The second-order valence-corrected chi connectivity index (χ2v) is 6.82. The molecule has 0 saturated carbocycles. The molecule has 27 heavy (non-hydrogen) atoms. The molecule has 0 radical (unpaired) electrons. The molecule has 0 aliphatic carbocycles. The lowest BCUT2D eigenvalue weighted by molar-refractivity contribution is -0.117. The summed E-state index contributed by atoms with van der Waals surface area (Å²) in [6.45, 7) is 9.22. The van der Waals surface area contributed by atoms with Crippen LogP contribution in [0.5, 0.6) is 0 Å². The predicted octanol–water partition coefficient (Wildman–Crippen LogP) is 2.85. The number of nitrogens with one attached hydrogen (secondary N) is 3. The van der Waals surface area contributed by atoms with Crippen LogP contribution in [-0.4, -0.2) is 21.4 Å². The second-order valence-electron chi connectivity index (χ2n) is 6.82. The summed E-state index contributed by atoms with van der Waals surface area (Å²) in [6.07, 6.45) is 4.20. The number of amides is 2. The van der Waals surface area contributed by atoms with E-state index in [1.54, 1.807) is 24.4 Å². The van der Waals surface area contributed by atoms with E-state index in [0.29, 0.717) is 11.6 Å². The van der Waals surface area contributed by atoms with E-state index in [2.05, 4.69) is 34.3 Å². The highest BCUT2D eigenvalue weighted by Gasteiger charge is 2.14. The first-order chi connectivity index (χ1) is 12.8. The fraction of sp³-hybridized carbons (Fsp3) is 0.350. The number of carbonyl (C=O) groups excluding carboxylic acids is 2. The van der Waals surface area contributed by atoms with E-state index in [0.717, 1.165) is 29.9 Å². The number of rotatable bonds is 6. The Kier molecular flexibility index (Phi) is 6.61. The molecule has 2 heterocycles. The molecule has 3 N–H and O–H groups in total. The Morgan fingerprint density at radius 2 is 2.07 bits per heavy atom. The molecule has 2 amide bonds. The number of aromatic nitrogens is 2. The second kappa shape index (κ2) is 8.90. The highest BCUT2D eigenvalue weighted by atomic mass is 16.2. The van der Waals surface area contributed by atoms with E-state index >= 15 is 0 Å². The summed E-state index contributed by atoms with van der Waals surface area (Å²) < 4.78 is 2.19. The Morgan fingerprint density at radius 3 is 2.67 bits per heavy atom. The van der Waals surface area contributed by atoms with Gasteiger partial charge in [-0.15, -0.1) is 0 Å². The van der Waals surface area contributed by atoms with Gasteiger partial charge in [0, 0.05) is 24.1 Å². The minimum absolute atomic E-state index is 0.0779. The van der Waals surface area contributed by atoms with Crippen molar-refractivity contribution in [3.05, 3.63) is 52.6 Å². The number of H-pyrrole nitrogens is 1. The van der Waals surface area contributed by atoms with Gasteiger partial charge in [0.15, 0.2) is 0 Å². The lowest BCUT2D eigenvalue weighted by atomic mass is 10.1. The molecule has 142 valence electrons. The number of nitrogens with zero attached hydrogens (tertiary/aromatic N) is 2. The van der Waals surface area contributed by atoms with Gasteiger partial charge in [0.05, 0.1) is 0 Å². The minimum atomic E-state index is -0.663. The van der Waals surface area contributed by atoms with Crippen molar-refractivity contribution < 1.29 is 9.59 Å². The van der Waals surface area contributed by atoms with Gasteiger partial charge in [0.25, 0.3) is 11.8 Å². The van der Waals surface area contributed by atoms with Crippen molar-refractivity contribution in [3.63, 3.8) is 0 Å². The van der Waals surface area contributed by atoms with Gasteiger partial charge in [-0.3, -0.25) is 20.4 Å². The molecule has 0 bridgehead atoms. The van der Waals surface area contributed by atoms with E-state index < -0.39 is 11.8 Å². The summed E-state index contributed by atoms with van der Waals surface area (Å²) in [5.41, 5.74) is 7.69. The Hall–Kier alpha value is -3.27. The third kappa shape index (κ3) is 5.11. The molecular weight excluding hydrogens is 342 g/mol. The molecule has 0 spiro atoms. The van der Waals surface area contributed by atoms with Crippen molar-refractivity contribution in [1.29, 1.82) is 5.26 Å². The molecule has 0 aromatic carbocycles. The molecule has 7 heteroatoms. The molecule has 0 unspecified atom stereocenters. The zero-order valence-corrected chi connectivity index (χ0v) is 16.1. The summed E-state index contributed by atoms with van der Waals surface area (Å²) >= 11 is 0. The van der Waals surface area contributed by atoms with E-state index in [-0.39, 0.29) is 5.57 Å². The van der Waals surface area contributed by atoms with Crippen molar-refractivity contribution in [3.8, 4) is 6.07 Å². The topological polar surface area (TPSA) is 103 Å². The molecule has 0 fully saturated rings. The lowest BCUT2D eigenvalue weighted by Crippen LogP contribution is -2.42. The van der Waals surface area contributed by atoms with Crippen LogP contribution in [0.4, 0.5) is 0 Å². The monoisotopic (exact) mass is 367 g/mol. The summed E-state index contributed by atoms with van der Waals surface area (Å²) in [4.78, 5) is 26.8. The van der Waals surface area contributed by atoms with Crippen LogP contribution in [0.2, 0.25) is 0 Å². The van der Waals surface area contributed by atoms with Gasteiger partial charge in [-0.2, -0.15) is 5.26 Å². The highest BCUT2D eigenvalue weighted by Crippen LogP contribution is 2.19. The molecule has 0 atom stereocenters. The van der Waals surface area contributed by atoms with Crippen LogP contribution in [-0.2, 0) is 11.3 Å². The van der Waals surface area contributed by atoms with Crippen LogP contribution in [0.1, 0.15) is 47.7 Å². The molecule has 2 aromatic rings. The summed E-state index contributed by atoms with van der Waals surface area (Å²) in [7, 11) is 0. The molecule has 2 aromatic heterocycles. The van der Waals surface area contributed by atoms with Crippen LogP contribution in [0.25, 0.3) is 6.08 Å². The molecule has 0 aliphatic rings. The highest BCUT2D eigenvalue weighted by molar-refractivity contribution is 6.03. The zero-order chi connectivity index (χ0) is 20.0. The minimum Gasteiger partial charge on any atom is -0.357 e. The van der Waals surface area contributed by atoms with Crippen molar-refractivity contribution in [2.45, 2.75) is 40.7 Å². The quantitative estimate of drug-likeness (QED) is 0.415. The summed E-state index contributed by atoms with van der Waals surface area (Å²) in [5, 5.41) is 9.35. The van der Waals surface area contributed by atoms with Crippen LogP contribution >= 0.6 is 0 Å².